The number of benzene rings is 1. The summed E-state index contributed by atoms with van der Waals surface area (Å²) in [5.74, 6) is 2.71. The van der Waals surface area contributed by atoms with Crippen molar-refractivity contribution in [1.29, 1.82) is 0 Å². The van der Waals surface area contributed by atoms with E-state index in [2.05, 4.69) is 12.2 Å². The first-order chi connectivity index (χ1) is 9.54. The average molecular weight is 309 g/mol. The molecule has 0 aromatic heterocycles. The Balaban J connectivity index is 1.68. The van der Waals surface area contributed by atoms with E-state index in [0.717, 1.165) is 29.0 Å². The number of rotatable bonds is 4. The van der Waals surface area contributed by atoms with Crippen LogP contribution in [0.4, 0.5) is 5.69 Å². The van der Waals surface area contributed by atoms with E-state index in [1.165, 1.54) is 25.7 Å². The molecule has 0 heterocycles. The fourth-order valence-corrected chi connectivity index (χ4v) is 4.60. The minimum absolute atomic E-state index is 0.350. The van der Waals surface area contributed by atoms with Gasteiger partial charge in [-0.15, -0.1) is 0 Å². The topological polar surface area (TPSA) is 38.0 Å². The van der Waals surface area contributed by atoms with Gasteiger partial charge in [-0.3, -0.25) is 0 Å². The van der Waals surface area contributed by atoms with Crippen molar-refractivity contribution in [1.82, 2.24) is 0 Å². The van der Waals surface area contributed by atoms with Crippen LogP contribution in [0.2, 0.25) is 5.02 Å². The highest BCUT2D eigenvalue weighted by Gasteiger charge is 2.41. The summed E-state index contributed by atoms with van der Waals surface area (Å²) in [6, 6.07) is 6.35. The van der Waals surface area contributed by atoms with Gasteiger partial charge in [0.2, 0.25) is 0 Å². The molecule has 1 aromatic carbocycles. The quantitative estimate of drug-likeness (QED) is 0.818. The molecule has 4 heteroatoms. The van der Waals surface area contributed by atoms with E-state index in [1.54, 1.807) is 0 Å². The highest BCUT2D eigenvalue weighted by Crippen LogP contribution is 2.49. The Morgan fingerprint density at radius 1 is 1.40 bits per heavy atom. The van der Waals surface area contributed by atoms with Crippen LogP contribution in [-0.4, -0.2) is 11.0 Å². The molecule has 0 aliphatic heterocycles. The molecule has 3 N–H and O–H groups in total. The second kappa shape index (κ2) is 5.53. The van der Waals surface area contributed by atoms with Gasteiger partial charge in [-0.25, -0.2) is 0 Å². The summed E-state index contributed by atoms with van der Waals surface area (Å²) in [5, 5.41) is 4.23. The zero-order valence-electron chi connectivity index (χ0n) is 11.7. The second-order valence-corrected chi connectivity index (χ2v) is 7.18. The van der Waals surface area contributed by atoms with E-state index in [-0.39, 0.29) is 0 Å². The van der Waals surface area contributed by atoms with Crippen LogP contribution in [0.5, 0.6) is 0 Å². The molecule has 2 nitrogen and oxygen atoms in total. The maximum Gasteiger partial charge on any atom is 0.105 e. The summed E-state index contributed by atoms with van der Waals surface area (Å²) in [4.78, 5) is 0.350. The summed E-state index contributed by atoms with van der Waals surface area (Å²) >= 11 is 11.2. The van der Waals surface area contributed by atoms with Gasteiger partial charge in [0.1, 0.15) is 4.99 Å². The zero-order chi connectivity index (χ0) is 14.3. The Bertz CT molecular complexity index is 531. The normalized spacial score (nSPS) is 29.4. The molecule has 0 amide bonds. The molecule has 4 unspecified atom stereocenters. The highest BCUT2D eigenvalue weighted by molar-refractivity contribution is 7.80. The Morgan fingerprint density at radius 2 is 2.20 bits per heavy atom. The molecule has 108 valence electrons. The summed E-state index contributed by atoms with van der Waals surface area (Å²) in [6.07, 6.45) is 5.69. The van der Waals surface area contributed by atoms with E-state index in [9.17, 15) is 0 Å². The summed E-state index contributed by atoms with van der Waals surface area (Å²) in [5.41, 5.74) is 7.44. The summed E-state index contributed by atoms with van der Waals surface area (Å²) in [6.45, 7) is 2.29. The first-order valence-electron chi connectivity index (χ1n) is 7.40. The summed E-state index contributed by atoms with van der Waals surface area (Å²) in [7, 11) is 0. The minimum Gasteiger partial charge on any atom is -0.389 e. The van der Waals surface area contributed by atoms with E-state index in [1.807, 2.05) is 18.2 Å². The lowest BCUT2D eigenvalue weighted by Crippen LogP contribution is -2.29. The highest BCUT2D eigenvalue weighted by atomic mass is 35.5. The number of hydrogen-bond donors (Lipinski definition) is 2. The van der Waals surface area contributed by atoms with E-state index >= 15 is 0 Å². The molecule has 0 saturated heterocycles. The number of nitrogens with one attached hydrogen (secondary N) is 1. The van der Waals surface area contributed by atoms with Gasteiger partial charge in [-0.1, -0.05) is 30.2 Å². The zero-order valence-corrected chi connectivity index (χ0v) is 13.3. The third-order valence-corrected chi connectivity index (χ3v) is 5.60. The van der Waals surface area contributed by atoms with Gasteiger partial charge in [-0.05, 0) is 62.1 Å². The van der Waals surface area contributed by atoms with Gasteiger partial charge in [-0.2, -0.15) is 0 Å². The number of thiocarbonyl (C=S) groups is 1. The molecule has 3 rings (SSSR count). The van der Waals surface area contributed by atoms with Crippen molar-refractivity contribution in [2.75, 3.05) is 5.32 Å². The molecule has 1 aromatic rings. The lowest BCUT2D eigenvalue weighted by molar-refractivity contribution is 0.304. The number of fused-ring (bicyclic) bond motifs is 2. The van der Waals surface area contributed by atoms with Gasteiger partial charge < -0.3 is 11.1 Å². The van der Waals surface area contributed by atoms with Crippen LogP contribution in [0, 0.1) is 17.8 Å². The Kier molecular flexibility index (Phi) is 3.91. The van der Waals surface area contributed by atoms with Crippen molar-refractivity contribution in [3.63, 3.8) is 0 Å². The predicted molar refractivity (Wildman–Crippen MR) is 89.4 cm³/mol. The molecule has 2 bridgehead atoms. The summed E-state index contributed by atoms with van der Waals surface area (Å²) < 4.78 is 0. The fraction of sp³-hybridized carbons (Fsp3) is 0.562. The van der Waals surface area contributed by atoms with Crippen LogP contribution in [0.15, 0.2) is 18.2 Å². The maximum absolute atomic E-state index is 6.22. The van der Waals surface area contributed by atoms with Crippen LogP contribution < -0.4 is 11.1 Å². The van der Waals surface area contributed by atoms with Crippen LogP contribution in [0.25, 0.3) is 0 Å². The molecular weight excluding hydrogens is 288 g/mol. The van der Waals surface area contributed by atoms with Crippen LogP contribution in [0.1, 0.15) is 38.2 Å². The van der Waals surface area contributed by atoms with Gasteiger partial charge in [0.15, 0.2) is 0 Å². The van der Waals surface area contributed by atoms with Gasteiger partial charge in [0.05, 0.1) is 5.02 Å². The van der Waals surface area contributed by atoms with Crippen molar-refractivity contribution in [2.24, 2.45) is 23.5 Å². The monoisotopic (exact) mass is 308 g/mol. The number of halogens is 1. The van der Waals surface area contributed by atoms with Crippen molar-refractivity contribution < 1.29 is 0 Å². The van der Waals surface area contributed by atoms with Crippen LogP contribution in [0.3, 0.4) is 0 Å². The number of nitrogens with two attached hydrogens (primary N) is 1. The van der Waals surface area contributed by atoms with Crippen molar-refractivity contribution in [3.8, 4) is 0 Å². The van der Waals surface area contributed by atoms with Gasteiger partial charge in [0.25, 0.3) is 0 Å². The van der Waals surface area contributed by atoms with Crippen molar-refractivity contribution in [2.45, 2.75) is 38.6 Å². The number of hydrogen-bond acceptors (Lipinski definition) is 2. The van der Waals surface area contributed by atoms with Crippen LogP contribution in [-0.2, 0) is 0 Å². The van der Waals surface area contributed by atoms with E-state index in [4.69, 9.17) is 29.6 Å². The smallest absolute Gasteiger partial charge is 0.105 e. The Hall–Kier alpha value is -0.800. The standard InChI is InChI=1S/C16H21ClN2S/c1-9(14-7-10-2-3-11(14)6-10)19-12-4-5-13(16(18)20)15(17)8-12/h4-5,8-11,14,19H,2-3,6-7H2,1H3,(H2,18,20). The second-order valence-electron chi connectivity index (χ2n) is 6.33. The lowest BCUT2D eigenvalue weighted by Gasteiger charge is -2.29. The minimum atomic E-state index is 0.350. The molecule has 0 spiro atoms. The first-order valence-corrected chi connectivity index (χ1v) is 8.19. The van der Waals surface area contributed by atoms with Gasteiger partial charge >= 0.3 is 0 Å². The third kappa shape index (κ3) is 2.66. The molecule has 0 radical (unpaired) electrons. The van der Waals surface area contributed by atoms with Crippen molar-refractivity contribution in [3.05, 3.63) is 28.8 Å². The largest absolute Gasteiger partial charge is 0.389 e. The average Bonchev–Trinajstić information content (AvgIpc) is 3.00. The maximum atomic E-state index is 6.22. The molecule has 4 atom stereocenters. The SMILES string of the molecule is CC(Nc1ccc(C(N)=S)c(Cl)c1)C1CC2CCC1C2. The molecular formula is C16H21ClN2S. The molecule has 2 aliphatic rings. The van der Waals surface area contributed by atoms with E-state index < -0.39 is 0 Å². The van der Waals surface area contributed by atoms with Crippen LogP contribution >= 0.6 is 23.8 Å². The molecule has 2 fully saturated rings. The molecule has 2 aliphatic carbocycles. The fourth-order valence-electron chi connectivity index (χ4n) is 4.08. The first kappa shape index (κ1) is 14.2. The van der Waals surface area contributed by atoms with Crippen molar-refractivity contribution >= 4 is 34.5 Å². The molecule has 2 saturated carbocycles. The van der Waals surface area contributed by atoms with Gasteiger partial charge in [0, 0.05) is 17.3 Å². The third-order valence-electron chi connectivity index (χ3n) is 5.06. The Morgan fingerprint density at radius 3 is 2.75 bits per heavy atom. The van der Waals surface area contributed by atoms with E-state index in [0.29, 0.717) is 16.1 Å². The lowest BCUT2D eigenvalue weighted by atomic mass is 9.84. The predicted octanol–water partition coefficient (Wildman–Crippen LogP) is 4.21. The Labute approximate surface area is 131 Å². The molecule has 20 heavy (non-hydrogen) atoms. The number of anilines is 1.